The number of amides is 1. The number of hydrogen-bond donors (Lipinski definition) is 2. The summed E-state index contributed by atoms with van der Waals surface area (Å²) in [6.07, 6.45) is -0.283. The first-order chi connectivity index (χ1) is 13.3. The molecule has 0 saturated heterocycles. The smallest absolute Gasteiger partial charge is 0.465 e. The summed E-state index contributed by atoms with van der Waals surface area (Å²) < 4.78 is 41.5. The average Bonchev–Trinajstić information content (AvgIpc) is 3.09. The molecule has 8 nitrogen and oxygen atoms in total. The van der Waals surface area contributed by atoms with Crippen LogP contribution in [0.3, 0.4) is 0 Å². The predicted molar refractivity (Wildman–Crippen MR) is 92.9 cm³/mol. The van der Waals surface area contributed by atoms with Gasteiger partial charge in [0.2, 0.25) is 0 Å². The van der Waals surface area contributed by atoms with Crippen molar-refractivity contribution in [2.24, 2.45) is 0 Å². The van der Waals surface area contributed by atoms with Crippen molar-refractivity contribution in [3.63, 3.8) is 0 Å². The molecular weight excluding hydrogens is 379 g/mol. The van der Waals surface area contributed by atoms with Gasteiger partial charge >= 0.3 is 12.5 Å². The Balaban J connectivity index is 1.66. The zero-order chi connectivity index (χ0) is 20.1. The molecule has 0 fully saturated rings. The third-order valence-electron chi connectivity index (χ3n) is 3.29. The minimum atomic E-state index is -4.78. The Labute approximate surface area is 155 Å². The number of benzene rings is 1. The van der Waals surface area contributed by atoms with E-state index in [-0.39, 0.29) is 5.82 Å². The highest BCUT2D eigenvalue weighted by atomic mass is 19.4. The first-order valence-corrected chi connectivity index (χ1v) is 7.70. The number of rotatable bonds is 5. The fourth-order valence-corrected chi connectivity index (χ4v) is 2.14. The highest BCUT2D eigenvalue weighted by Gasteiger charge is 2.31. The van der Waals surface area contributed by atoms with Gasteiger partial charge in [-0.2, -0.15) is 0 Å². The standard InChI is InChI=1S/C17H12F3N5O3/c18-17(19,20)28-13-6-8-15(21-9-13)25-10-22-14(24-25)7-3-11-1-4-12(5-2-11)23-16(26)27/h1-10,23H,(H,26,27). The zero-order valence-electron chi connectivity index (χ0n) is 14.0. The molecule has 0 atom stereocenters. The molecule has 0 aliphatic heterocycles. The molecule has 1 aromatic carbocycles. The normalized spacial score (nSPS) is 11.5. The lowest BCUT2D eigenvalue weighted by atomic mass is 10.2. The van der Waals surface area contributed by atoms with Gasteiger partial charge in [0.1, 0.15) is 12.1 Å². The van der Waals surface area contributed by atoms with Crippen LogP contribution in [0, 0.1) is 0 Å². The van der Waals surface area contributed by atoms with Gasteiger partial charge in [0.25, 0.3) is 0 Å². The molecule has 0 spiro atoms. The highest BCUT2D eigenvalue weighted by Crippen LogP contribution is 2.22. The Hall–Kier alpha value is -3.89. The molecule has 0 radical (unpaired) electrons. The number of carboxylic acid groups (broad SMARTS) is 1. The molecule has 3 rings (SSSR count). The molecule has 11 heteroatoms. The van der Waals surface area contributed by atoms with E-state index in [0.717, 1.165) is 17.8 Å². The van der Waals surface area contributed by atoms with Gasteiger partial charge in [0, 0.05) is 5.69 Å². The molecule has 2 heterocycles. The van der Waals surface area contributed by atoms with Crippen LogP contribution in [0.25, 0.3) is 18.0 Å². The van der Waals surface area contributed by atoms with Crippen molar-refractivity contribution in [3.05, 3.63) is 60.3 Å². The fourth-order valence-electron chi connectivity index (χ4n) is 2.14. The number of pyridine rings is 1. The quantitative estimate of drug-likeness (QED) is 0.686. The minimum Gasteiger partial charge on any atom is -0.465 e. The van der Waals surface area contributed by atoms with E-state index < -0.39 is 18.2 Å². The second-order valence-electron chi connectivity index (χ2n) is 5.33. The van der Waals surface area contributed by atoms with Gasteiger partial charge in [0.15, 0.2) is 11.6 Å². The summed E-state index contributed by atoms with van der Waals surface area (Å²) in [7, 11) is 0. The predicted octanol–water partition coefficient (Wildman–Crippen LogP) is 3.82. The molecule has 2 N–H and O–H groups in total. The summed E-state index contributed by atoms with van der Waals surface area (Å²) in [5, 5.41) is 15.0. The molecular formula is C17H12F3N5O3. The van der Waals surface area contributed by atoms with Crippen LogP contribution in [-0.2, 0) is 0 Å². The Morgan fingerprint density at radius 2 is 1.86 bits per heavy atom. The molecule has 0 saturated carbocycles. The van der Waals surface area contributed by atoms with E-state index in [1.165, 1.54) is 17.1 Å². The molecule has 144 valence electrons. The SMILES string of the molecule is O=C(O)Nc1ccc(C=Cc2ncn(-c3ccc(OC(F)(F)F)cn3)n2)cc1. The molecule has 0 bridgehead atoms. The summed E-state index contributed by atoms with van der Waals surface area (Å²) in [4.78, 5) is 18.5. The van der Waals surface area contributed by atoms with Crippen LogP contribution in [0.2, 0.25) is 0 Å². The van der Waals surface area contributed by atoms with Crippen molar-refractivity contribution in [2.45, 2.75) is 6.36 Å². The van der Waals surface area contributed by atoms with Crippen molar-refractivity contribution in [2.75, 3.05) is 5.32 Å². The number of ether oxygens (including phenoxy) is 1. The number of aromatic nitrogens is 4. The Morgan fingerprint density at radius 1 is 1.11 bits per heavy atom. The Bertz CT molecular complexity index is 983. The number of hydrogen-bond acceptors (Lipinski definition) is 5. The van der Waals surface area contributed by atoms with Gasteiger partial charge in [-0.1, -0.05) is 18.2 Å². The number of halogens is 3. The third-order valence-corrected chi connectivity index (χ3v) is 3.29. The second kappa shape index (κ2) is 7.78. The van der Waals surface area contributed by atoms with E-state index in [4.69, 9.17) is 5.11 Å². The van der Waals surface area contributed by atoms with Crippen molar-refractivity contribution in [1.82, 2.24) is 19.7 Å². The van der Waals surface area contributed by atoms with Crippen LogP contribution in [0.1, 0.15) is 11.4 Å². The molecule has 0 unspecified atom stereocenters. The molecule has 3 aromatic rings. The number of carbonyl (C=O) groups is 1. The van der Waals surface area contributed by atoms with Crippen LogP contribution in [0.4, 0.5) is 23.7 Å². The van der Waals surface area contributed by atoms with Gasteiger partial charge in [-0.05, 0) is 35.9 Å². The Morgan fingerprint density at radius 3 is 2.46 bits per heavy atom. The summed E-state index contributed by atoms with van der Waals surface area (Å²) in [5.74, 6) is 0.188. The van der Waals surface area contributed by atoms with Gasteiger partial charge in [-0.3, -0.25) is 5.32 Å². The van der Waals surface area contributed by atoms with Gasteiger partial charge < -0.3 is 9.84 Å². The van der Waals surface area contributed by atoms with E-state index in [9.17, 15) is 18.0 Å². The van der Waals surface area contributed by atoms with E-state index in [1.54, 1.807) is 36.4 Å². The maximum atomic E-state index is 12.2. The first kappa shape index (κ1) is 18.9. The zero-order valence-corrected chi connectivity index (χ0v) is 14.0. The van der Waals surface area contributed by atoms with Crippen LogP contribution < -0.4 is 10.1 Å². The fraction of sp³-hybridized carbons (Fsp3) is 0.0588. The number of nitrogens with zero attached hydrogens (tertiary/aromatic N) is 4. The van der Waals surface area contributed by atoms with Crippen LogP contribution in [0.5, 0.6) is 5.75 Å². The van der Waals surface area contributed by atoms with E-state index in [2.05, 4.69) is 25.1 Å². The number of nitrogens with one attached hydrogen (secondary N) is 1. The Kier molecular flexibility index (Phi) is 5.25. The summed E-state index contributed by atoms with van der Waals surface area (Å²) in [5.41, 5.74) is 1.23. The van der Waals surface area contributed by atoms with Crippen LogP contribution in [0.15, 0.2) is 48.9 Å². The first-order valence-electron chi connectivity index (χ1n) is 7.70. The minimum absolute atomic E-state index is 0.269. The molecule has 0 aliphatic rings. The lowest BCUT2D eigenvalue weighted by molar-refractivity contribution is -0.274. The highest BCUT2D eigenvalue weighted by molar-refractivity contribution is 5.83. The van der Waals surface area contributed by atoms with E-state index in [0.29, 0.717) is 11.5 Å². The van der Waals surface area contributed by atoms with Gasteiger partial charge in [-0.25, -0.2) is 19.4 Å². The maximum absolute atomic E-state index is 12.2. The monoisotopic (exact) mass is 391 g/mol. The number of anilines is 1. The van der Waals surface area contributed by atoms with Gasteiger partial charge in [0.05, 0.1) is 6.20 Å². The van der Waals surface area contributed by atoms with Gasteiger partial charge in [-0.15, -0.1) is 18.3 Å². The molecule has 0 aliphatic carbocycles. The second-order valence-corrected chi connectivity index (χ2v) is 5.33. The van der Waals surface area contributed by atoms with E-state index >= 15 is 0 Å². The summed E-state index contributed by atoms with van der Waals surface area (Å²) in [6.45, 7) is 0. The van der Waals surface area contributed by atoms with E-state index in [1.807, 2.05) is 0 Å². The largest absolute Gasteiger partial charge is 0.573 e. The van der Waals surface area contributed by atoms with Crippen molar-refractivity contribution in [1.29, 1.82) is 0 Å². The van der Waals surface area contributed by atoms with Crippen molar-refractivity contribution < 1.29 is 27.8 Å². The maximum Gasteiger partial charge on any atom is 0.573 e. The summed E-state index contributed by atoms with van der Waals surface area (Å²) >= 11 is 0. The van der Waals surface area contributed by atoms with Crippen molar-refractivity contribution in [3.8, 4) is 11.6 Å². The molecule has 1 amide bonds. The molecule has 2 aromatic heterocycles. The average molecular weight is 391 g/mol. The molecule has 28 heavy (non-hydrogen) atoms. The van der Waals surface area contributed by atoms with Crippen LogP contribution >= 0.6 is 0 Å². The van der Waals surface area contributed by atoms with Crippen molar-refractivity contribution >= 4 is 23.9 Å². The van der Waals surface area contributed by atoms with Crippen LogP contribution in [-0.4, -0.2) is 37.3 Å². The number of alkyl halides is 3. The lowest BCUT2D eigenvalue weighted by Gasteiger charge is -2.08. The summed E-state index contributed by atoms with van der Waals surface area (Å²) in [6, 6.07) is 9.07. The lowest BCUT2D eigenvalue weighted by Crippen LogP contribution is -2.17. The topological polar surface area (TPSA) is 102 Å². The third kappa shape index (κ3) is 5.30.